The van der Waals surface area contributed by atoms with Crippen molar-refractivity contribution >= 4 is 9.84 Å². The normalized spacial score (nSPS) is 32.9. The number of benzene rings is 2. The van der Waals surface area contributed by atoms with E-state index in [-0.39, 0.29) is 11.4 Å². The molecule has 2 aromatic rings. The Morgan fingerprint density at radius 2 is 1.50 bits per heavy atom. The summed E-state index contributed by atoms with van der Waals surface area (Å²) in [5, 5.41) is 0. The Morgan fingerprint density at radius 3 is 2.14 bits per heavy atom. The molecule has 2 aromatic carbocycles. The van der Waals surface area contributed by atoms with Crippen molar-refractivity contribution in [2.45, 2.75) is 75.2 Å². The number of hydrogen-bond acceptors (Lipinski definition) is 4. The molecule has 4 saturated carbocycles. The predicted molar refractivity (Wildman–Crippen MR) is 144 cm³/mol. The first-order valence-electron chi connectivity index (χ1n) is 14.2. The minimum Gasteiger partial charge on any atom is -0.487 e. The van der Waals surface area contributed by atoms with E-state index in [1.54, 1.807) is 0 Å². The molecular weight excluding hydrogens is 466 g/mol. The lowest BCUT2D eigenvalue weighted by atomic mass is 9.53. The number of rotatable bonds is 4. The minimum absolute atomic E-state index is 0.0181. The molecule has 8 rings (SSSR count). The molecule has 2 aliphatic heterocycles. The van der Waals surface area contributed by atoms with Crippen molar-refractivity contribution in [1.82, 2.24) is 4.90 Å². The van der Waals surface area contributed by atoms with Crippen molar-refractivity contribution < 1.29 is 13.2 Å². The molecule has 0 N–H and O–H groups in total. The molecule has 0 aromatic heterocycles. The smallest absolute Gasteiger partial charge is 0.151 e. The van der Waals surface area contributed by atoms with E-state index in [9.17, 15) is 8.42 Å². The quantitative estimate of drug-likeness (QED) is 0.520. The number of hydrogen-bond donors (Lipinski definition) is 0. The molecule has 0 unspecified atom stereocenters. The van der Waals surface area contributed by atoms with Gasteiger partial charge in [0.15, 0.2) is 9.84 Å². The maximum absolute atomic E-state index is 11.6. The molecular formula is C31H39NO3S. The van der Waals surface area contributed by atoms with Crippen LogP contribution in [0.25, 0.3) is 11.1 Å². The van der Waals surface area contributed by atoms with Crippen LogP contribution in [0.4, 0.5) is 0 Å². The number of fused-ring (bicyclic) bond motifs is 1. The highest BCUT2D eigenvalue weighted by Crippen LogP contribution is 2.55. The van der Waals surface area contributed by atoms with Gasteiger partial charge in [-0.2, -0.15) is 0 Å². The summed E-state index contributed by atoms with van der Waals surface area (Å²) in [4.78, 5) is 2.88. The summed E-state index contributed by atoms with van der Waals surface area (Å²) in [7, 11) is -3.01. The van der Waals surface area contributed by atoms with Gasteiger partial charge < -0.3 is 4.74 Å². The van der Waals surface area contributed by atoms with Gasteiger partial charge in [-0.1, -0.05) is 30.3 Å². The number of aryl methyl sites for hydroxylation is 1. The molecule has 192 valence electrons. The van der Waals surface area contributed by atoms with Gasteiger partial charge in [-0.05, 0) is 116 Å². The second-order valence-corrected chi connectivity index (χ2v) is 15.0. The molecule has 5 heteroatoms. The van der Waals surface area contributed by atoms with Crippen LogP contribution in [0.5, 0.6) is 5.75 Å². The fourth-order valence-electron chi connectivity index (χ4n) is 8.87. The second kappa shape index (κ2) is 8.59. The van der Waals surface area contributed by atoms with E-state index in [0.29, 0.717) is 0 Å². The van der Waals surface area contributed by atoms with Gasteiger partial charge in [-0.25, -0.2) is 8.42 Å². The molecule has 6 aliphatic rings. The number of nitrogens with zero attached hydrogens (tertiary/aromatic N) is 1. The zero-order valence-electron chi connectivity index (χ0n) is 21.5. The van der Waals surface area contributed by atoms with E-state index >= 15 is 0 Å². The van der Waals surface area contributed by atoms with Crippen molar-refractivity contribution in [2.75, 3.05) is 19.3 Å². The van der Waals surface area contributed by atoms with Crippen LogP contribution in [0, 0.1) is 23.7 Å². The fourth-order valence-corrected chi connectivity index (χ4v) is 9.67. The van der Waals surface area contributed by atoms with Gasteiger partial charge >= 0.3 is 0 Å². The van der Waals surface area contributed by atoms with Gasteiger partial charge in [-0.15, -0.1) is 0 Å². The van der Waals surface area contributed by atoms with Gasteiger partial charge in [0.05, 0.1) is 5.75 Å². The van der Waals surface area contributed by atoms with E-state index in [1.807, 2.05) is 24.3 Å². The summed E-state index contributed by atoms with van der Waals surface area (Å²) in [6.07, 6.45) is 13.4. The highest BCUT2D eigenvalue weighted by molar-refractivity contribution is 7.89. The lowest BCUT2D eigenvalue weighted by molar-refractivity contribution is -0.0950. The van der Waals surface area contributed by atoms with Crippen LogP contribution in [-0.2, 0) is 22.0 Å². The molecule has 1 saturated heterocycles. The zero-order chi connectivity index (χ0) is 24.5. The van der Waals surface area contributed by atoms with E-state index in [2.05, 4.69) is 23.1 Å². The first-order valence-corrected chi connectivity index (χ1v) is 16.2. The van der Waals surface area contributed by atoms with E-state index in [4.69, 9.17) is 4.74 Å². The maximum atomic E-state index is 11.6. The molecule has 5 fully saturated rings. The Kier molecular flexibility index (Phi) is 5.56. The van der Waals surface area contributed by atoms with Gasteiger partial charge in [0.1, 0.15) is 11.4 Å². The lowest BCUT2D eigenvalue weighted by Gasteiger charge is -2.59. The van der Waals surface area contributed by atoms with Gasteiger partial charge in [0, 0.05) is 25.4 Å². The van der Waals surface area contributed by atoms with Crippen LogP contribution in [0.2, 0.25) is 0 Å². The minimum atomic E-state index is -3.01. The highest BCUT2D eigenvalue weighted by Gasteiger charge is 2.51. The van der Waals surface area contributed by atoms with Crippen LogP contribution < -0.4 is 4.74 Å². The first kappa shape index (κ1) is 23.3. The Bertz CT molecular complexity index is 1220. The Balaban J connectivity index is 1.02. The molecule has 4 nitrogen and oxygen atoms in total. The standard InChI is InChI=1S/C31H39NO3S/c1-36(33,34)20-21-2-4-24(5-3-21)25-6-7-29-26(19-25)8-9-31(35-29)10-12-32(13-11-31)30-27-15-22-14-23(17-27)18-28(30)16-22/h2-7,19,22-23,27-28,30H,8-18,20H2,1H3. The summed E-state index contributed by atoms with van der Waals surface area (Å²) < 4.78 is 30.0. The summed E-state index contributed by atoms with van der Waals surface area (Å²) in [5.74, 6) is 5.21. The van der Waals surface area contributed by atoms with Crippen molar-refractivity contribution in [1.29, 1.82) is 0 Å². The molecule has 4 bridgehead atoms. The molecule has 0 amide bonds. The molecule has 2 heterocycles. The molecule has 4 aliphatic carbocycles. The van der Waals surface area contributed by atoms with Crippen LogP contribution in [0.3, 0.4) is 0 Å². The van der Waals surface area contributed by atoms with Gasteiger partial charge in [0.25, 0.3) is 0 Å². The third kappa shape index (κ3) is 4.30. The maximum Gasteiger partial charge on any atom is 0.151 e. The Labute approximate surface area is 216 Å². The van der Waals surface area contributed by atoms with Crippen molar-refractivity contribution in [3.05, 3.63) is 53.6 Å². The number of likely N-dealkylation sites (tertiary alicyclic amines) is 1. The number of piperidine rings is 1. The average molecular weight is 506 g/mol. The lowest BCUT2D eigenvalue weighted by Crippen LogP contribution is -2.60. The summed E-state index contributed by atoms with van der Waals surface area (Å²) in [6.45, 7) is 2.42. The van der Waals surface area contributed by atoms with Crippen LogP contribution >= 0.6 is 0 Å². The SMILES string of the molecule is CS(=O)(=O)Cc1ccc(-c2ccc3c(c2)CCC2(CCN(C4C5CC6CC(C5)CC4C6)CC2)O3)cc1. The van der Waals surface area contributed by atoms with Gasteiger partial charge in [0.2, 0.25) is 0 Å². The third-order valence-electron chi connectivity index (χ3n) is 10.3. The van der Waals surface area contributed by atoms with Crippen LogP contribution in [0.15, 0.2) is 42.5 Å². The van der Waals surface area contributed by atoms with E-state index in [1.165, 1.54) is 75.4 Å². The highest BCUT2D eigenvalue weighted by atomic mass is 32.2. The van der Waals surface area contributed by atoms with Crippen molar-refractivity contribution in [3.63, 3.8) is 0 Å². The predicted octanol–water partition coefficient (Wildman–Crippen LogP) is 5.88. The van der Waals surface area contributed by atoms with Crippen molar-refractivity contribution in [3.8, 4) is 16.9 Å². The Hall–Kier alpha value is -1.85. The number of ether oxygens (including phenoxy) is 1. The zero-order valence-corrected chi connectivity index (χ0v) is 22.3. The topological polar surface area (TPSA) is 46.6 Å². The van der Waals surface area contributed by atoms with E-state index in [0.717, 1.165) is 59.4 Å². The third-order valence-corrected chi connectivity index (χ3v) is 11.1. The van der Waals surface area contributed by atoms with Crippen LogP contribution in [-0.4, -0.2) is 44.3 Å². The Morgan fingerprint density at radius 1 is 0.861 bits per heavy atom. The second-order valence-electron chi connectivity index (χ2n) is 12.8. The molecule has 1 spiro atoms. The van der Waals surface area contributed by atoms with Crippen molar-refractivity contribution in [2.24, 2.45) is 23.7 Å². The van der Waals surface area contributed by atoms with Gasteiger partial charge in [-0.3, -0.25) is 4.90 Å². The summed E-state index contributed by atoms with van der Waals surface area (Å²) >= 11 is 0. The molecule has 36 heavy (non-hydrogen) atoms. The van der Waals surface area contributed by atoms with Crippen LogP contribution in [0.1, 0.15) is 62.5 Å². The summed E-state index contributed by atoms with van der Waals surface area (Å²) in [5.41, 5.74) is 4.46. The number of sulfone groups is 1. The molecule has 0 atom stereocenters. The monoisotopic (exact) mass is 505 g/mol. The summed E-state index contributed by atoms with van der Waals surface area (Å²) in [6, 6.07) is 15.4. The average Bonchev–Trinajstić information content (AvgIpc) is 2.84. The first-order chi connectivity index (χ1) is 17.3. The molecule has 0 radical (unpaired) electrons. The largest absolute Gasteiger partial charge is 0.487 e. The van der Waals surface area contributed by atoms with E-state index < -0.39 is 9.84 Å². The fraction of sp³-hybridized carbons (Fsp3) is 0.613.